The molecule has 5 N–H and O–H groups in total. The Balaban J connectivity index is 1.34. The van der Waals surface area contributed by atoms with E-state index in [-0.39, 0.29) is 23.0 Å². The summed E-state index contributed by atoms with van der Waals surface area (Å²) in [6.07, 6.45) is 14.2. The molecule has 2 aromatic heterocycles. The molecule has 4 heterocycles. The van der Waals surface area contributed by atoms with Gasteiger partial charge in [0, 0.05) is 29.6 Å². The number of aromatic nitrogens is 2. The zero-order valence-corrected chi connectivity index (χ0v) is 24.2. The number of hydrogen-bond donors (Lipinski definition) is 5. The van der Waals surface area contributed by atoms with Crippen molar-refractivity contribution in [3.63, 3.8) is 0 Å². The molecule has 2 aliphatic carbocycles. The number of aromatic amines is 2. The Morgan fingerprint density at radius 1 is 1.08 bits per heavy atom. The molecule has 39 heavy (non-hydrogen) atoms. The number of fused-ring (bicyclic) bond motifs is 2. The zero-order valence-electron chi connectivity index (χ0n) is 24.2. The number of rotatable bonds is 9. The molecular weight excluding hydrogens is 484 g/mol. The van der Waals surface area contributed by atoms with Gasteiger partial charge in [0.15, 0.2) is 0 Å². The van der Waals surface area contributed by atoms with Gasteiger partial charge in [-0.25, -0.2) is 0 Å². The first-order valence-corrected chi connectivity index (χ1v) is 14.3. The van der Waals surface area contributed by atoms with Crippen LogP contribution in [0.3, 0.4) is 0 Å². The van der Waals surface area contributed by atoms with Gasteiger partial charge in [0.25, 0.3) is 0 Å². The molecular formula is C33H40N4O2. The van der Waals surface area contributed by atoms with E-state index in [1.807, 2.05) is 0 Å². The van der Waals surface area contributed by atoms with Gasteiger partial charge >= 0.3 is 5.97 Å². The lowest BCUT2D eigenvalue weighted by Crippen LogP contribution is -2.40. The Hall–Kier alpha value is -3.27. The van der Waals surface area contributed by atoms with Crippen LogP contribution in [0, 0.1) is 26.2 Å². The highest BCUT2D eigenvalue weighted by Gasteiger charge is 2.74. The Kier molecular flexibility index (Phi) is 5.57. The minimum absolute atomic E-state index is 0.0308. The Bertz CT molecular complexity index is 1670. The lowest BCUT2D eigenvalue weighted by atomic mass is 9.66. The number of carboxylic acids is 1. The van der Waals surface area contributed by atoms with Crippen LogP contribution in [0.5, 0.6) is 0 Å². The van der Waals surface area contributed by atoms with Gasteiger partial charge in [-0.05, 0) is 105 Å². The second-order valence-corrected chi connectivity index (χ2v) is 12.1. The van der Waals surface area contributed by atoms with Crippen molar-refractivity contribution in [2.75, 3.05) is 0 Å². The third-order valence-electron chi connectivity index (χ3n) is 10.6. The van der Waals surface area contributed by atoms with Gasteiger partial charge in [0.1, 0.15) is 0 Å². The summed E-state index contributed by atoms with van der Waals surface area (Å²) >= 11 is 0. The summed E-state index contributed by atoms with van der Waals surface area (Å²) in [6.45, 7) is 15.3. The molecule has 0 amide bonds. The van der Waals surface area contributed by atoms with Gasteiger partial charge in [0.05, 0.1) is 33.6 Å². The SMILES string of the molecule is C#Cc1c(C)/c(=C/c2[nH]c(C[C@]34N[C@@]3(C)C(CCC(=O)O)=C4C)c(C)c2CC)[nH]/c1=C\[C@]12NC1C(CC)=C2C. The maximum absolute atomic E-state index is 11.1. The van der Waals surface area contributed by atoms with E-state index >= 15 is 0 Å². The number of terminal acetylenes is 1. The van der Waals surface area contributed by atoms with Crippen molar-refractivity contribution in [2.45, 2.75) is 103 Å². The van der Waals surface area contributed by atoms with E-state index in [0.717, 1.165) is 46.8 Å². The lowest BCUT2D eigenvalue weighted by Gasteiger charge is -2.35. The molecule has 4 atom stereocenters. The molecule has 6 nitrogen and oxygen atoms in total. The van der Waals surface area contributed by atoms with Gasteiger partial charge in [-0.1, -0.05) is 19.8 Å². The predicted octanol–water partition coefficient (Wildman–Crippen LogP) is 3.40. The van der Waals surface area contributed by atoms with Gasteiger partial charge < -0.3 is 15.1 Å². The fourth-order valence-corrected chi connectivity index (χ4v) is 7.97. The van der Waals surface area contributed by atoms with Crippen LogP contribution in [-0.2, 0) is 17.6 Å². The summed E-state index contributed by atoms with van der Waals surface area (Å²) in [5.74, 6) is 2.20. The quantitative estimate of drug-likeness (QED) is 0.197. The molecule has 0 saturated carbocycles. The average molecular weight is 525 g/mol. The van der Waals surface area contributed by atoms with Crippen LogP contribution in [0.4, 0.5) is 0 Å². The predicted molar refractivity (Wildman–Crippen MR) is 156 cm³/mol. The van der Waals surface area contributed by atoms with Crippen LogP contribution in [-0.4, -0.2) is 43.7 Å². The first-order valence-electron chi connectivity index (χ1n) is 14.3. The van der Waals surface area contributed by atoms with E-state index in [1.165, 1.54) is 39.1 Å². The summed E-state index contributed by atoms with van der Waals surface area (Å²) < 4.78 is 0. The fraction of sp³-hybridized carbons (Fsp3) is 0.485. The van der Waals surface area contributed by atoms with E-state index in [2.05, 4.69) is 87.1 Å². The van der Waals surface area contributed by atoms with Crippen molar-refractivity contribution in [3.8, 4) is 12.3 Å². The zero-order chi connectivity index (χ0) is 28.1. The molecule has 6 rings (SSSR count). The number of aliphatic carboxylic acids is 1. The first kappa shape index (κ1) is 26.0. The van der Waals surface area contributed by atoms with Gasteiger partial charge in [-0.15, -0.1) is 6.42 Å². The molecule has 0 bridgehead atoms. The molecule has 2 fully saturated rings. The lowest BCUT2D eigenvalue weighted by molar-refractivity contribution is -0.137. The molecule has 0 spiro atoms. The summed E-state index contributed by atoms with van der Waals surface area (Å²) in [5.41, 5.74) is 12.4. The molecule has 1 unspecified atom stereocenters. The highest BCUT2D eigenvalue weighted by Crippen LogP contribution is 2.62. The van der Waals surface area contributed by atoms with E-state index in [4.69, 9.17) is 11.5 Å². The molecule has 4 aliphatic rings. The van der Waals surface area contributed by atoms with Crippen molar-refractivity contribution in [2.24, 2.45) is 0 Å². The molecule has 2 saturated heterocycles. The molecule has 6 heteroatoms. The Morgan fingerprint density at radius 2 is 1.82 bits per heavy atom. The third-order valence-corrected chi connectivity index (χ3v) is 10.6. The average Bonchev–Trinajstić information content (AvgIpc) is 3.59. The van der Waals surface area contributed by atoms with Crippen LogP contribution in [0.15, 0.2) is 22.3 Å². The van der Waals surface area contributed by atoms with Crippen molar-refractivity contribution >= 4 is 18.1 Å². The van der Waals surface area contributed by atoms with Crippen LogP contribution in [0.25, 0.3) is 12.2 Å². The smallest absolute Gasteiger partial charge is 0.303 e. The third kappa shape index (κ3) is 3.33. The maximum atomic E-state index is 11.1. The van der Waals surface area contributed by atoms with Gasteiger partial charge in [-0.3, -0.25) is 15.4 Å². The fourth-order valence-electron chi connectivity index (χ4n) is 7.97. The van der Waals surface area contributed by atoms with Gasteiger partial charge in [-0.2, -0.15) is 0 Å². The monoisotopic (exact) mass is 524 g/mol. The maximum Gasteiger partial charge on any atom is 0.303 e. The first-order chi connectivity index (χ1) is 18.5. The summed E-state index contributed by atoms with van der Waals surface area (Å²) in [7, 11) is 0. The summed E-state index contributed by atoms with van der Waals surface area (Å²) in [5, 5.41) is 18.6. The highest BCUT2D eigenvalue weighted by molar-refractivity contribution is 5.71. The van der Waals surface area contributed by atoms with Crippen LogP contribution in [0.2, 0.25) is 0 Å². The minimum atomic E-state index is -0.740. The van der Waals surface area contributed by atoms with Crippen molar-refractivity contribution in [1.29, 1.82) is 0 Å². The second kappa shape index (κ2) is 8.36. The number of carboxylic acid groups (broad SMARTS) is 1. The minimum Gasteiger partial charge on any atom is -0.481 e. The Morgan fingerprint density at radius 3 is 2.41 bits per heavy atom. The largest absolute Gasteiger partial charge is 0.481 e. The van der Waals surface area contributed by atoms with E-state index < -0.39 is 5.97 Å². The molecule has 0 aromatic carbocycles. The normalized spacial score (nSPS) is 31.1. The number of carbonyl (C=O) groups is 1. The van der Waals surface area contributed by atoms with Crippen LogP contribution in [0.1, 0.15) is 87.5 Å². The summed E-state index contributed by atoms with van der Waals surface area (Å²) in [4.78, 5) is 18.5. The number of H-pyrrole nitrogens is 2. The molecule has 2 aliphatic heterocycles. The standard InChI is InChI=1S/C33H40N4O2/c1-9-21-18(5)27(16-33-20(7)24(12-13-29(38)39)31(33,8)37-33)35-26(21)14-25-17(4)22(10-2)28(34-25)15-32-19(6)23(11-3)30(32)36-32/h2,14-15,30,34-37H,9,11-13,16H2,1,3-8H3,(H,38,39)/b25-14-,28-15-/t30?,31-,32+,33+/m0/s1. The number of nitrogens with one attached hydrogen (secondary N) is 4. The van der Waals surface area contributed by atoms with Crippen LogP contribution < -0.4 is 21.3 Å². The second-order valence-electron chi connectivity index (χ2n) is 12.1. The topological polar surface area (TPSA) is 113 Å². The summed E-state index contributed by atoms with van der Waals surface area (Å²) in [6, 6.07) is 0.458. The van der Waals surface area contributed by atoms with E-state index in [1.54, 1.807) is 0 Å². The highest BCUT2D eigenvalue weighted by atomic mass is 16.4. The van der Waals surface area contributed by atoms with Crippen LogP contribution >= 0.6 is 0 Å². The molecule has 204 valence electrons. The number of hydrogen-bond acceptors (Lipinski definition) is 3. The van der Waals surface area contributed by atoms with Crippen molar-refractivity contribution in [3.05, 3.63) is 66.6 Å². The van der Waals surface area contributed by atoms with E-state index in [0.29, 0.717) is 12.5 Å². The molecule has 0 radical (unpaired) electrons. The van der Waals surface area contributed by atoms with Crippen molar-refractivity contribution in [1.82, 2.24) is 20.6 Å². The van der Waals surface area contributed by atoms with Crippen molar-refractivity contribution < 1.29 is 9.90 Å². The van der Waals surface area contributed by atoms with Gasteiger partial charge in [0.2, 0.25) is 0 Å². The molecule has 2 aromatic rings. The van der Waals surface area contributed by atoms with E-state index in [9.17, 15) is 4.79 Å². The Labute approximate surface area is 230 Å².